The molecule has 2 heteroatoms. The van der Waals surface area contributed by atoms with Gasteiger partial charge in [0.25, 0.3) is 5.91 Å². The summed E-state index contributed by atoms with van der Waals surface area (Å²) in [6, 6.07) is 18.1. The second kappa shape index (κ2) is 4.47. The topological polar surface area (TPSA) is 43.1 Å². The van der Waals surface area contributed by atoms with Crippen molar-refractivity contribution in [2.45, 2.75) is 0 Å². The number of primary amides is 1. The van der Waals surface area contributed by atoms with E-state index in [-0.39, 0.29) is 0 Å². The average Bonchev–Trinajstić information content (AvgIpc) is 2.43. The highest BCUT2D eigenvalue weighted by molar-refractivity contribution is 6.05. The summed E-state index contributed by atoms with van der Waals surface area (Å²) in [4.78, 5) is 10.9. The lowest BCUT2D eigenvalue weighted by molar-refractivity contribution is -0.112. The number of carbonyl (C=O) groups excluding carboxylic acids is 1. The summed E-state index contributed by atoms with van der Waals surface area (Å²) >= 11 is 0. The van der Waals surface area contributed by atoms with Gasteiger partial charge in [0.05, 0.1) is 0 Å². The van der Waals surface area contributed by atoms with Crippen molar-refractivity contribution >= 4 is 27.5 Å². The summed E-state index contributed by atoms with van der Waals surface area (Å²) in [5.41, 5.74) is 5.97. The Bertz CT molecular complexity index is 799. The molecule has 0 bridgehead atoms. The SMILES string of the molecule is NC(=O)C#Cc1c2ccccc2cc2ccccc12. The first-order valence-corrected chi connectivity index (χ1v) is 5.97. The Morgan fingerprint density at radius 3 is 1.95 bits per heavy atom. The highest BCUT2D eigenvalue weighted by atomic mass is 16.1. The van der Waals surface area contributed by atoms with Crippen molar-refractivity contribution in [1.29, 1.82) is 0 Å². The van der Waals surface area contributed by atoms with Gasteiger partial charge in [-0.3, -0.25) is 4.79 Å². The molecular weight excluding hydrogens is 234 g/mol. The van der Waals surface area contributed by atoms with Gasteiger partial charge in [0.2, 0.25) is 0 Å². The molecule has 3 rings (SSSR count). The lowest BCUT2D eigenvalue weighted by Gasteiger charge is -2.06. The second-order valence-electron chi connectivity index (χ2n) is 4.31. The molecule has 0 saturated heterocycles. The molecule has 0 heterocycles. The van der Waals surface area contributed by atoms with Crippen LogP contribution < -0.4 is 5.73 Å². The van der Waals surface area contributed by atoms with Gasteiger partial charge < -0.3 is 5.73 Å². The van der Waals surface area contributed by atoms with Crippen LogP contribution in [0, 0.1) is 11.8 Å². The number of rotatable bonds is 0. The maximum absolute atomic E-state index is 10.9. The molecule has 0 radical (unpaired) electrons. The average molecular weight is 245 g/mol. The minimum absolute atomic E-state index is 0.614. The van der Waals surface area contributed by atoms with E-state index in [1.54, 1.807) is 0 Å². The van der Waals surface area contributed by atoms with E-state index in [4.69, 9.17) is 5.73 Å². The van der Waals surface area contributed by atoms with Crippen molar-refractivity contribution in [1.82, 2.24) is 0 Å². The summed E-state index contributed by atoms with van der Waals surface area (Å²) in [6.07, 6.45) is 0. The van der Waals surface area contributed by atoms with Crippen LogP contribution in [0.3, 0.4) is 0 Å². The van der Waals surface area contributed by atoms with Crippen LogP contribution in [-0.2, 0) is 4.79 Å². The Morgan fingerprint density at radius 1 is 0.895 bits per heavy atom. The van der Waals surface area contributed by atoms with E-state index >= 15 is 0 Å². The van der Waals surface area contributed by atoms with Gasteiger partial charge in [0.15, 0.2) is 0 Å². The third-order valence-electron chi connectivity index (χ3n) is 3.08. The first-order chi connectivity index (χ1) is 9.25. The highest BCUT2D eigenvalue weighted by Gasteiger charge is 2.04. The fourth-order valence-corrected chi connectivity index (χ4v) is 2.27. The molecule has 0 aliphatic carbocycles. The van der Waals surface area contributed by atoms with E-state index in [0.29, 0.717) is 0 Å². The molecule has 2 N–H and O–H groups in total. The van der Waals surface area contributed by atoms with Crippen molar-refractivity contribution in [3.8, 4) is 11.8 Å². The highest BCUT2D eigenvalue weighted by Crippen LogP contribution is 2.27. The maximum Gasteiger partial charge on any atom is 0.293 e. The van der Waals surface area contributed by atoms with Crippen molar-refractivity contribution in [2.24, 2.45) is 5.73 Å². The number of benzene rings is 3. The summed E-state index contributed by atoms with van der Waals surface area (Å²) in [6.45, 7) is 0. The van der Waals surface area contributed by atoms with E-state index in [1.807, 2.05) is 48.5 Å². The molecule has 90 valence electrons. The van der Waals surface area contributed by atoms with Gasteiger partial charge in [0.1, 0.15) is 0 Å². The molecule has 0 fully saturated rings. The molecule has 0 unspecified atom stereocenters. The standard InChI is InChI=1S/C17H11NO/c18-17(19)10-9-16-14-7-3-1-5-12(14)11-13-6-2-4-8-15(13)16/h1-8,11H,(H2,18,19). The number of carbonyl (C=O) groups is 1. The smallest absolute Gasteiger partial charge is 0.293 e. The first-order valence-electron chi connectivity index (χ1n) is 5.97. The molecule has 0 aliphatic rings. The largest absolute Gasteiger partial charge is 0.359 e. The molecule has 0 spiro atoms. The number of fused-ring (bicyclic) bond motifs is 2. The van der Waals surface area contributed by atoms with Gasteiger partial charge >= 0.3 is 0 Å². The molecule has 3 aromatic rings. The van der Waals surface area contributed by atoms with Crippen LogP contribution in [-0.4, -0.2) is 5.91 Å². The van der Waals surface area contributed by atoms with Crippen LogP contribution in [0.2, 0.25) is 0 Å². The van der Waals surface area contributed by atoms with Crippen LogP contribution in [0.25, 0.3) is 21.5 Å². The van der Waals surface area contributed by atoms with E-state index < -0.39 is 5.91 Å². The van der Waals surface area contributed by atoms with Crippen LogP contribution in [0.15, 0.2) is 54.6 Å². The quantitative estimate of drug-likeness (QED) is 0.480. The normalized spacial score (nSPS) is 10.1. The lowest BCUT2D eigenvalue weighted by Crippen LogP contribution is -2.06. The Morgan fingerprint density at radius 2 is 1.42 bits per heavy atom. The second-order valence-corrected chi connectivity index (χ2v) is 4.31. The zero-order valence-corrected chi connectivity index (χ0v) is 10.2. The van der Waals surface area contributed by atoms with Gasteiger partial charge in [-0.2, -0.15) is 0 Å². The Hall–Kier alpha value is -2.79. The molecule has 3 aromatic carbocycles. The van der Waals surface area contributed by atoms with Crippen LogP contribution in [0.4, 0.5) is 0 Å². The molecule has 0 aromatic heterocycles. The Balaban J connectivity index is 2.47. The van der Waals surface area contributed by atoms with E-state index in [2.05, 4.69) is 17.9 Å². The number of nitrogens with two attached hydrogens (primary N) is 1. The van der Waals surface area contributed by atoms with Crippen molar-refractivity contribution in [2.75, 3.05) is 0 Å². The summed E-state index contributed by atoms with van der Waals surface area (Å²) < 4.78 is 0. The predicted molar refractivity (Wildman–Crippen MR) is 77.5 cm³/mol. The zero-order valence-electron chi connectivity index (χ0n) is 10.2. The minimum Gasteiger partial charge on any atom is -0.359 e. The van der Waals surface area contributed by atoms with Gasteiger partial charge in [-0.05, 0) is 27.6 Å². The third-order valence-corrected chi connectivity index (χ3v) is 3.08. The fourth-order valence-electron chi connectivity index (χ4n) is 2.27. The van der Waals surface area contributed by atoms with E-state index in [0.717, 1.165) is 27.1 Å². The predicted octanol–water partition coefficient (Wildman–Crippen LogP) is 2.83. The summed E-state index contributed by atoms with van der Waals surface area (Å²) in [7, 11) is 0. The van der Waals surface area contributed by atoms with Gasteiger partial charge in [-0.25, -0.2) is 0 Å². The summed E-state index contributed by atoms with van der Waals surface area (Å²) in [5, 5.41) is 4.29. The van der Waals surface area contributed by atoms with Gasteiger partial charge in [-0.15, -0.1) is 0 Å². The number of amides is 1. The van der Waals surface area contributed by atoms with Gasteiger partial charge in [-0.1, -0.05) is 54.5 Å². The number of hydrogen-bond donors (Lipinski definition) is 1. The maximum atomic E-state index is 10.9. The van der Waals surface area contributed by atoms with Gasteiger partial charge in [0, 0.05) is 11.5 Å². The van der Waals surface area contributed by atoms with Crippen LogP contribution in [0.5, 0.6) is 0 Å². The van der Waals surface area contributed by atoms with Crippen LogP contribution >= 0.6 is 0 Å². The van der Waals surface area contributed by atoms with E-state index in [9.17, 15) is 4.79 Å². The lowest BCUT2D eigenvalue weighted by atomic mass is 9.97. The fraction of sp³-hybridized carbons (Fsp3) is 0. The van der Waals surface area contributed by atoms with Crippen molar-refractivity contribution < 1.29 is 4.79 Å². The Kier molecular flexibility index (Phi) is 2.66. The molecule has 0 saturated carbocycles. The van der Waals surface area contributed by atoms with E-state index in [1.165, 1.54) is 0 Å². The van der Waals surface area contributed by atoms with Crippen molar-refractivity contribution in [3.63, 3.8) is 0 Å². The molecule has 1 amide bonds. The zero-order chi connectivity index (χ0) is 13.2. The minimum atomic E-state index is -0.614. The molecule has 19 heavy (non-hydrogen) atoms. The Labute approximate surface area is 110 Å². The molecule has 2 nitrogen and oxygen atoms in total. The monoisotopic (exact) mass is 245 g/mol. The van der Waals surface area contributed by atoms with Crippen molar-refractivity contribution in [3.05, 3.63) is 60.2 Å². The summed E-state index contributed by atoms with van der Waals surface area (Å²) in [5.74, 6) is 4.73. The molecule has 0 atom stereocenters. The third kappa shape index (κ3) is 2.02. The number of hydrogen-bond acceptors (Lipinski definition) is 1. The molecule has 0 aliphatic heterocycles. The van der Waals surface area contributed by atoms with Crippen LogP contribution in [0.1, 0.15) is 5.56 Å². The first kappa shape index (κ1) is 11.3. The molecular formula is C17H11NO.